The van der Waals surface area contributed by atoms with Crippen molar-refractivity contribution in [2.45, 2.75) is 115 Å². The minimum absolute atomic E-state index is 0.143. The second kappa shape index (κ2) is 11.4. The summed E-state index contributed by atoms with van der Waals surface area (Å²) in [5.41, 5.74) is 1.40. The maximum Gasteiger partial charge on any atom is 0.323 e. The Morgan fingerprint density at radius 3 is 2.04 bits per heavy atom. The van der Waals surface area contributed by atoms with E-state index in [-0.39, 0.29) is 18.7 Å². The van der Waals surface area contributed by atoms with E-state index in [1.54, 1.807) is 7.11 Å². The Hall–Kier alpha value is -2.77. The SMILES string of the molecule is COc1ccc(CNc2nc(NCC34CC5CC(CC(C5)C3)C4)nc(OC[C@H]3O[C@@H]4OC(C)(C)O[C@@H]4[C@H]4OC(C)(C)O[C@H]43)n2)cc1. The molecule has 7 aliphatic rings. The number of nitrogens with one attached hydrogen (secondary N) is 2. The van der Waals surface area contributed by atoms with Crippen LogP contribution >= 0.6 is 0 Å². The molecule has 4 saturated carbocycles. The summed E-state index contributed by atoms with van der Waals surface area (Å²) in [6, 6.07) is 8.12. The monoisotopic (exact) mass is 637 g/mol. The van der Waals surface area contributed by atoms with E-state index in [9.17, 15) is 0 Å². The van der Waals surface area contributed by atoms with E-state index >= 15 is 0 Å². The summed E-state index contributed by atoms with van der Waals surface area (Å²) in [4.78, 5) is 14.1. The van der Waals surface area contributed by atoms with Gasteiger partial charge in [-0.2, -0.15) is 15.0 Å². The third kappa shape index (κ3) is 6.14. The highest BCUT2D eigenvalue weighted by Crippen LogP contribution is 2.60. The molecule has 5 atom stereocenters. The highest BCUT2D eigenvalue weighted by molar-refractivity contribution is 5.38. The number of nitrogens with zero attached hydrogens (tertiary/aromatic N) is 3. The van der Waals surface area contributed by atoms with E-state index in [1.807, 2.05) is 52.0 Å². The zero-order valence-electron chi connectivity index (χ0n) is 27.5. The zero-order valence-corrected chi connectivity index (χ0v) is 27.5. The van der Waals surface area contributed by atoms with Gasteiger partial charge in [-0.1, -0.05) is 12.1 Å². The van der Waals surface area contributed by atoms with Crippen LogP contribution < -0.4 is 20.1 Å². The second-order valence-corrected chi connectivity index (χ2v) is 15.3. The lowest BCUT2D eigenvalue weighted by molar-refractivity contribution is -0.238. The summed E-state index contributed by atoms with van der Waals surface area (Å²) in [5.74, 6) is 2.80. The summed E-state index contributed by atoms with van der Waals surface area (Å²) < 4.78 is 42.7. The number of aromatic nitrogens is 3. The molecule has 0 unspecified atom stereocenters. The largest absolute Gasteiger partial charge is 0.497 e. The summed E-state index contributed by atoms with van der Waals surface area (Å²) in [6.45, 7) is 9.09. The Bertz CT molecular complexity index is 1390. The van der Waals surface area contributed by atoms with Crippen molar-refractivity contribution in [1.82, 2.24) is 15.0 Å². The van der Waals surface area contributed by atoms with Crippen molar-refractivity contribution < 1.29 is 33.2 Å². The topological polar surface area (TPSA) is 127 Å². The lowest BCUT2D eigenvalue weighted by atomic mass is 9.49. The van der Waals surface area contributed by atoms with Gasteiger partial charge in [-0.3, -0.25) is 0 Å². The van der Waals surface area contributed by atoms with Crippen molar-refractivity contribution in [1.29, 1.82) is 0 Å². The first kappa shape index (κ1) is 30.6. The van der Waals surface area contributed by atoms with Crippen molar-refractivity contribution >= 4 is 11.9 Å². The van der Waals surface area contributed by atoms with Crippen molar-refractivity contribution in [3.8, 4) is 11.8 Å². The van der Waals surface area contributed by atoms with Crippen LogP contribution in [0.25, 0.3) is 0 Å². The molecule has 12 nitrogen and oxygen atoms in total. The first-order valence-electron chi connectivity index (χ1n) is 16.9. The predicted octanol–water partition coefficient (Wildman–Crippen LogP) is 4.90. The molecule has 2 aromatic rings. The van der Waals surface area contributed by atoms with E-state index in [2.05, 4.69) is 15.6 Å². The summed E-state index contributed by atoms with van der Waals surface area (Å²) in [5, 5.41) is 6.97. The second-order valence-electron chi connectivity index (χ2n) is 15.3. The van der Waals surface area contributed by atoms with Gasteiger partial charge in [0.1, 0.15) is 36.8 Å². The molecule has 2 N–H and O–H groups in total. The fourth-order valence-corrected chi connectivity index (χ4v) is 9.26. The number of ether oxygens (including phenoxy) is 7. The fraction of sp³-hybridized carbons (Fsp3) is 0.735. The van der Waals surface area contributed by atoms with Crippen molar-refractivity contribution in [2.75, 3.05) is 30.9 Å². The van der Waals surface area contributed by atoms with Gasteiger partial charge in [0.2, 0.25) is 11.9 Å². The van der Waals surface area contributed by atoms with Gasteiger partial charge in [0.15, 0.2) is 17.9 Å². The average Bonchev–Trinajstić information content (AvgIpc) is 3.51. The molecule has 4 bridgehead atoms. The molecule has 1 aromatic heterocycles. The molecule has 4 aliphatic carbocycles. The van der Waals surface area contributed by atoms with Gasteiger partial charge >= 0.3 is 6.01 Å². The van der Waals surface area contributed by atoms with Gasteiger partial charge in [-0.05, 0) is 107 Å². The van der Waals surface area contributed by atoms with Crippen molar-refractivity contribution in [3.05, 3.63) is 29.8 Å². The number of benzene rings is 1. The highest BCUT2D eigenvalue weighted by Gasteiger charge is 2.61. The summed E-state index contributed by atoms with van der Waals surface area (Å²) in [7, 11) is 1.66. The van der Waals surface area contributed by atoms with E-state index in [0.717, 1.165) is 35.6 Å². The molecule has 4 heterocycles. The van der Waals surface area contributed by atoms with E-state index in [0.29, 0.717) is 23.9 Å². The predicted molar refractivity (Wildman–Crippen MR) is 167 cm³/mol. The Morgan fingerprint density at radius 2 is 1.37 bits per heavy atom. The van der Waals surface area contributed by atoms with Crippen LogP contribution in [0.3, 0.4) is 0 Å². The summed E-state index contributed by atoms with van der Waals surface area (Å²) in [6.07, 6.45) is 5.89. The van der Waals surface area contributed by atoms with Crippen LogP contribution in [0.4, 0.5) is 11.9 Å². The Morgan fingerprint density at radius 1 is 0.761 bits per heavy atom. The van der Waals surface area contributed by atoms with Gasteiger partial charge in [-0.15, -0.1) is 0 Å². The Labute approximate surface area is 270 Å². The van der Waals surface area contributed by atoms with Crippen LogP contribution in [0, 0.1) is 23.2 Å². The molecule has 46 heavy (non-hydrogen) atoms. The molecule has 3 aliphatic heterocycles. The number of fused-ring (bicyclic) bond motifs is 3. The van der Waals surface area contributed by atoms with Gasteiger partial charge in [0.05, 0.1) is 7.11 Å². The number of rotatable bonds is 10. The standard InChI is InChI=1S/C34H47N5O7/c1-32(2)43-25-24(42-28-27(26(25)44-32)45-33(3,4)46-28)17-41-31-38-29(35-16-19-6-8-23(40-5)9-7-19)37-30(39-31)36-18-34-13-20-10-21(14-34)12-22(11-20)15-34/h6-9,20-22,24-28H,10-18H2,1-5H3,(H2,35,36,37,38,39)/t20?,21?,22?,24-,25+,26+,27-,28-,34?/m1/s1. The number of hydrogen-bond donors (Lipinski definition) is 2. The molecule has 9 rings (SSSR count). The molecule has 0 radical (unpaired) electrons. The third-order valence-electron chi connectivity index (χ3n) is 10.6. The first-order chi connectivity index (χ1) is 22.0. The molecule has 0 amide bonds. The highest BCUT2D eigenvalue weighted by atomic mass is 16.9. The Kier molecular flexibility index (Phi) is 7.60. The minimum Gasteiger partial charge on any atom is -0.497 e. The fourth-order valence-electron chi connectivity index (χ4n) is 9.26. The van der Waals surface area contributed by atoms with Gasteiger partial charge in [0, 0.05) is 13.1 Å². The smallest absolute Gasteiger partial charge is 0.323 e. The average molecular weight is 638 g/mol. The number of methoxy groups -OCH3 is 1. The molecule has 250 valence electrons. The lowest BCUT2D eigenvalue weighted by Gasteiger charge is -2.56. The zero-order chi connectivity index (χ0) is 31.7. The Balaban J connectivity index is 0.995. The maximum absolute atomic E-state index is 6.36. The van der Waals surface area contributed by atoms with E-state index in [1.165, 1.54) is 38.5 Å². The number of anilines is 2. The first-order valence-corrected chi connectivity index (χ1v) is 16.9. The van der Waals surface area contributed by atoms with Crippen molar-refractivity contribution in [3.63, 3.8) is 0 Å². The third-order valence-corrected chi connectivity index (χ3v) is 10.6. The molecule has 0 spiro atoms. The number of hydrogen-bond acceptors (Lipinski definition) is 12. The van der Waals surface area contributed by atoms with Crippen molar-refractivity contribution in [2.24, 2.45) is 23.2 Å². The normalized spacial score (nSPS) is 37.8. The molecule has 12 heteroatoms. The molecule has 1 aromatic carbocycles. The molecular weight excluding hydrogens is 590 g/mol. The lowest BCUT2D eigenvalue weighted by Crippen LogP contribution is -2.56. The van der Waals surface area contributed by atoms with Crippen LogP contribution in [-0.2, 0) is 30.2 Å². The summed E-state index contributed by atoms with van der Waals surface area (Å²) >= 11 is 0. The minimum atomic E-state index is -0.790. The van der Waals surface area contributed by atoms with E-state index < -0.39 is 36.2 Å². The quantitative estimate of drug-likeness (QED) is 0.368. The van der Waals surface area contributed by atoms with Gasteiger partial charge in [0.25, 0.3) is 0 Å². The maximum atomic E-state index is 6.36. The van der Waals surface area contributed by atoms with Crippen LogP contribution in [0.2, 0.25) is 0 Å². The van der Waals surface area contributed by atoms with Gasteiger partial charge in [-0.25, -0.2) is 0 Å². The van der Waals surface area contributed by atoms with Crippen LogP contribution in [0.15, 0.2) is 24.3 Å². The molecular formula is C34H47N5O7. The van der Waals surface area contributed by atoms with Crippen LogP contribution in [0.5, 0.6) is 11.8 Å². The van der Waals surface area contributed by atoms with Crippen LogP contribution in [-0.4, -0.2) is 77.5 Å². The molecule has 3 saturated heterocycles. The molecule has 7 fully saturated rings. The van der Waals surface area contributed by atoms with E-state index in [4.69, 9.17) is 43.1 Å². The van der Waals surface area contributed by atoms with Crippen LogP contribution in [0.1, 0.15) is 71.8 Å². The van der Waals surface area contributed by atoms with Gasteiger partial charge < -0.3 is 43.8 Å².